The number of ether oxygens (including phenoxy) is 1. The van der Waals surface area contributed by atoms with Crippen LogP contribution in [0.25, 0.3) is 0 Å². The van der Waals surface area contributed by atoms with Crippen LogP contribution >= 0.6 is 0 Å². The van der Waals surface area contributed by atoms with E-state index in [4.69, 9.17) is 4.74 Å². The number of unbranched alkanes of at least 4 members (excludes halogenated alkanes) is 3. The van der Waals surface area contributed by atoms with Crippen LogP contribution in [-0.4, -0.2) is 32.4 Å². The van der Waals surface area contributed by atoms with E-state index in [2.05, 4.69) is 44.5 Å². The molecule has 0 amide bonds. The Morgan fingerprint density at radius 2 is 1.42 bits per heavy atom. The van der Waals surface area contributed by atoms with Crippen LogP contribution in [0.5, 0.6) is 0 Å². The van der Waals surface area contributed by atoms with E-state index < -0.39 is 26.5 Å². The molecular weight excluding hydrogens is 419 g/mol. The molecule has 0 aromatic heterocycles. The second-order valence-electron chi connectivity index (χ2n) is 8.41. The molecule has 0 N–H and O–H groups in total. The molecule has 1 aliphatic rings. The van der Waals surface area contributed by atoms with Crippen LogP contribution in [0.2, 0.25) is 33.0 Å². The van der Waals surface area contributed by atoms with Crippen LogP contribution < -0.4 is 0 Å². The maximum atomic E-state index is 11.9. The topological polar surface area (TPSA) is 26.3 Å². The third kappa shape index (κ3) is 6.70. The van der Waals surface area contributed by atoms with Crippen LogP contribution in [0.3, 0.4) is 0 Å². The number of hydrogen-bond donors (Lipinski definition) is 0. The van der Waals surface area contributed by atoms with Crippen LogP contribution in [0.1, 0.15) is 59.3 Å². The molecule has 0 bridgehead atoms. The molecule has 2 nitrogen and oxygen atoms in total. The number of carbonyl (C=O) groups is 1. The number of hydrogen-bond acceptors (Lipinski definition) is 2. The molecule has 0 saturated heterocycles. The number of esters is 1. The van der Waals surface area contributed by atoms with Gasteiger partial charge in [-0.2, -0.15) is 0 Å². The summed E-state index contributed by atoms with van der Waals surface area (Å²) in [6, 6.07) is 0. The molecule has 0 aromatic carbocycles. The van der Waals surface area contributed by atoms with Crippen molar-refractivity contribution < 1.29 is 9.53 Å². The van der Waals surface area contributed by atoms with Crippen molar-refractivity contribution in [1.29, 1.82) is 0 Å². The second kappa shape index (κ2) is 10.2. The van der Waals surface area contributed by atoms with Crippen LogP contribution in [0.15, 0.2) is 21.1 Å². The summed E-state index contributed by atoms with van der Waals surface area (Å²) < 4.78 is 12.6. The second-order valence-corrected chi connectivity index (χ2v) is 26.3. The molecule has 1 heterocycles. The van der Waals surface area contributed by atoms with E-state index >= 15 is 0 Å². The van der Waals surface area contributed by atoms with Crippen LogP contribution in [0, 0.1) is 0 Å². The fourth-order valence-electron chi connectivity index (χ4n) is 3.53. The average Bonchev–Trinajstić information content (AvgIpc) is 2.89. The van der Waals surface area contributed by atoms with E-state index in [1.165, 1.54) is 57.0 Å². The van der Waals surface area contributed by atoms with Crippen molar-refractivity contribution in [3.8, 4) is 0 Å². The van der Waals surface area contributed by atoms with Crippen molar-refractivity contribution >= 4 is 32.4 Å². The summed E-state index contributed by atoms with van der Waals surface area (Å²) in [5.41, 5.74) is 0. The van der Waals surface area contributed by atoms with Crippen molar-refractivity contribution in [1.82, 2.24) is 0 Å². The summed E-state index contributed by atoms with van der Waals surface area (Å²) in [5.74, 6) is 0.846. The van der Waals surface area contributed by atoms with Gasteiger partial charge in [-0.15, -0.1) is 0 Å². The molecular formula is C20H38O2SiSn. The van der Waals surface area contributed by atoms with E-state index in [1.54, 1.807) is 6.08 Å². The monoisotopic (exact) mass is 458 g/mol. The average molecular weight is 457 g/mol. The third-order valence-corrected chi connectivity index (χ3v) is 21.1. The fraction of sp³-hybridized carbons (Fsp3) is 0.750. The predicted molar refractivity (Wildman–Crippen MR) is 111 cm³/mol. The van der Waals surface area contributed by atoms with E-state index in [1.807, 2.05) is 0 Å². The van der Waals surface area contributed by atoms with Gasteiger partial charge >= 0.3 is 155 Å². The van der Waals surface area contributed by atoms with Gasteiger partial charge in [0.2, 0.25) is 0 Å². The summed E-state index contributed by atoms with van der Waals surface area (Å²) in [4.78, 5) is 11.9. The van der Waals surface area contributed by atoms with E-state index in [0.29, 0.717) is 0 Å². The quantitative estimate of drug-likeness (QED) is 0.258. The van der Waals surface area contributed by atoms with Gasteiger partial charge in [-0.3, -0.25) is 0 Å². The number of cyclic esters (lactones) is 1. The molecule has 0 atom stereocenters. The normalized spacial score (nSPS) is 17.3. The van der Waals surface area contributed by atoms with Gasteiger partial charge < -0.3 is 0 Å². The molecule has 0 radical (unpaired) electrons. The summed E-state index contributed by atoms with van der Waals surface area (Å²) in [5, 5.41) is 1.25. The molecule has 0 spiro atoms. The Hall–Kier alpha value is -0.0344. The first-order valence-electron chi connectivity index (χ1n) is 9.95. The Labute approximate surface area is 155 Å². The SMILES string of the molecule is CCC[CH2][Sn](/[CH]=C1/OC(=O)C=C1[Si](C)(C)C)([CH2]CCC)[CH2]CCC. The first kappa shape index (κ1) is 22.0. The molecule has 0 fully saturated rings. The first-order valence-corrected chi connectivity index (χ1v) is 21.2. The molecule has 0 aromatic rings. The molecule has 1 rings (SSSR count). The van der Waals surface area contributed by atoms with Crippen molar-refractivity contribution in [2.45, 2.75) is 92.2 Å². The molecule has 0 aliphatic carbocycles. The Kier molecular flexibility index (Phi) is 9.35. The molecule has 0 saturated carbocycles. The summed E-state index contributed by atoms with van der Waals surface area (Å²) in [6.45, 7) is 13.8. The van der Waals surface area contributed by atoms with Gasteiger partial charge in [0.1, 0.15) is 0 Å². The van der Waals surface area contributed by atoms with Gasteiger partial charge in [0.15, 0.2) is 0 Å². The fourth-order valence-corrected chi connectivity index (χ4v) is 20.0. The third-order valence-electron chi connectivity index (χ3n) is 5.07. The molecule has 1 aliphatic heterocycles. The Morgan fingerprint density at radius 3 is 1.79 bits per heavy atom. The van der Waals surface area contributed by atoms with Gasteiger partial charge in [-0.25, -0.2) is 0 Å². The van der Waals surface area contributed by atoms with Crippen LogP contribution in [0.4, 0.5) is 0 Å². The van der Waals surface area contributed by atoms with Crippen molar-refractivity contribution in [2.24, 2.45) is 0 Å². The van der Waals surface area contributed by atoms with Gasteiger partial charge in [0, 0.05) is 0 Å². The zero-order chi connectivity index (χ0) is 18.2. The molecule has 24 heavy (non-hydrogen) atoms. The zero-order valence-corrected chi connectivity index (χ0v) is 20.7. The number of carbonyl (C=O) groups excluding carboxylic acids is 1. The molecule has 0 unspecified atom stereocenters. The van der Waals surface area contributed by atoms with Crippen LogP contribution in [-0.2, 0) is 9.53 Å². The van der Waals surface area contributed by atoms with E-state index in [9.17, 15) is 4.79 Å². The van der Waals surface area contributed by atoms with Crippen molar-refractivity contribution in [3.63, 3.8) is 0 Å². The van der Waals surface area contributed by atoms with E-state index in [0.717, 1.165) is 5.76 Å². The summed E-state index contributed by atoms with van der Waals surface area (Å²) in [7, 11) is -1.54. The first-order chi connectivity index (χ1) is 11.3. The minimum atomic E-state index is -2.42. The summed E-state index contributed by atoms with van der Waals surface area (Å²) >= 11 is -2.42. The Bertz CT molecular complexity index is 453. The van der Waals surface area contributed by atoms with Gasteiger partial charge in [0.05, 0.1) is 0 Å². The Morgan fingerprint density at radius 1 is 0.958 bits per heavy atom. The minimum absolute atomic E-state index is 0.139. The van der Waals surface area contributed by atoms with Gasteiger partial charge in [-0.1, -0.05) is 0 Å². The number of rotatable bonds is 11. The predicted octanol–water partition coefficient (Wildman–Crippen LogP) is 6.62. The zero-order valence-electron chi connectivity index (χ0n) is 16.8. The number of allylic oxidation sites excluding steroid dienone is 1. The standard InChI is InChI=1S/C8H11O2Si.3C4H9.Sn/c1-6-7(11(2,3)4)5-8(9)10-6;3*1-3-4-2;/h1,5H,2-4H3;3*1,3-4H2,2H3;. The van der Waals surface area contributed by atoms with Gasteiger partial charge in [0.25, 0.3) is 0 Å². The maximum absolute atomic E-state index is 11.9. The van der Waals surface area contributed by atoms with Gasteiger partial charge in [-0.05, 0) is 0 Å². The van der Waals surface area contributed by atoms with E-state index in [-0.39, 0.29) is 5.97 Å². The Balaban J connectivity index is 3.20. The van der Waals surface area contributed by atoms with Crippen molar-refractivity contribution in [2.75, 3.05) is 0 Å². The molecule has 138 valence electrons. The summed E-state index contributed by atoms with van der Waals surface area (Å²) in [6.07, 6.45) is 9.63. The molecule has 4 heteroatoms. The van der Waals surface area contributed by atoms with Crippen molar-refractivity contribution in [3.05, 3.63) is 21.1 Å².